The quantitative estimate of drug-likeness (QED) is 0.0393. The maximum atomic E-state index is 6.94. The summed E-state index contributed by atoms with van der Waals surface area (Å²) < 4.78 is 20.8. The van der Waals surface area contributed by atoms with Gasteiger partial charge < -0.3 is 18.2 Å². The van der Waals surface area contributed by atoms with E-state index in [1.165, 1.54) is 154 Å². The van der Waals surface area contributed by atoms with Crippen molar-refractivity contribution in [1.29, 1.82) is 0 Å². The van der Waals surface area contributed by atoms with Gasteiger partial charge in [0.05, 0.1) is 6.61 Å². The van der Waals surface area contributed by atoms with E-state index >= 15 is 0 Å². The fourth-order valence-corrected chi connectivity index (χ4v) is 9.66. The molecule has 0 saturated heterocycles. The molecule has 6 heteroatoms. The molecule has 0 saturated carbocycles. The lowest BCUT2D eigenvalue weighted by atomic mass is 10.0. The van der Waals surface area contributed by atoms with Crippen molar-refractivity contribution in [2.75, 3.05) is 45.2 Å². The number of nitrogens with zero attached hydrogens (tertiary/aromatic N) is 1. The molecule has 0 aliphatic rings. The minimum absolute atomic E-state index is 0.590. The first-order valence-corrected chi connectivity index (χ1v) is 23.9. The minimum atomic E-state index is -2.82. The van der Waals surface area contributed by atoms with Crippen LogP contribution in [0.2, 0.25) is 6.04 Å². The van der Waals surface area contributed by atoms with Crippen molar-refractivity contribution in [2.45, 2.75) is 208 Å². The van der Waals surface area contributed by atoms with Crippen molar-refractivity contribution in [3.05, 3.63) is 0 Å². The molecule has 0 radical (unpaired) electrons. The molecule has 2 unspecified atom stereocenters. The molecule has 284 valence electrons. The van der Waals surface area contributed by atoms with Gasteiger partial charge in [0.2, 0.25) is 0 Å². The van der Waals surface area contributed by atoms with Crippen LogP contribution in [0, 0.1) is 11.8 Å². The van der Waals surface area contributed by atoms with Crippen LogP contribution in [-0.2, 0) is 13.3 Å². The smallest absolute Gasteiger partial charge is 0.373 e. The topological polar surface area (TPSA) is 30.9 Å². The first-order valence-electron chi connectivity index (χ1n) is 21.3. The molecule has 0 bridgehead atoms. The molecule has 0 aromatic rings. The van der Waals surface area contributed by atoms with E-state index in [-0.39, 0.29) is 0 Å². The van der Waals surface area contributed by atoms with Crippen LogP contribution in [0.15, 0.2) is 0 Å². The Morgan fingerprint density at radius 3 is 1.26 bits per heavy atom. The van der Waals surface area contributed by atoms with Crippen molar-refractivity contribution in [2.24, 2.45) is 11.8 Å². The summed E-state index contributed by atoms with van der Waals surface area (Å²) in [5.41, 5.74) is 0. The zero-order chi connectivity index (χ0) is 34.7. The number of unbranched alkanes of at least 4 members (excludes halogenated alkanes) is 16. The fraction of sp³-hybridized carbons (Fsp3) is 1.00. The highest BCUT2D eigenvalue weighted by Crippen LogP contribution is 2.25. The summed E-state index contributed by atoms with van der Waals surface area (Å²) >= 11 is 4.61. The molecule has 0 N–H and O–H groups in total. The highest BCUT2D eigenvalue weighted by Gasteiger charge is 2.42. The van der Waals surface area contributed by atoms with E-state index in [1.807, 2.05) is 0 Å². The van der Waals surface area contributed by atoms with Crippen LogP contribution in [0.4, 0.5) is 0 Å². The van der Waals surface area contributed by atoms with E-state index in [1.54, 1.807) is 0 Å². The lowest BCUT2D eigenvalue weighted by molar-refractivity contribution is 0.0288. The molecule has 4 nitrogen and oxygen atoms in total. The molecule has 0 aromatic heterocycles. The standard InChI is InChI=1S/C41H87NO3SSi/c1-7-13-17-19-21-23-25-27-32-42(33-28-26-24-22-20-18-14-8-2)34-35-43-47(37-29-36-46,44-38-40(11-5)30-15-9-3)45-39-41(12-6)31-16-10-4/h40-41,46H,7-39H2,1-6H3. The molecule has 0 rings (SSSR count). The van der Waals surface area contributed by atoms with Crippen molar-refractivity contribution in [1.82, 2.24) is 4.90 Å². The summed E-state index contributed by atoms with van der Waals surface area (Å²) in [4.78, 5) is 2.71. The summed E-state index contributed by atoms with van der Waals surface area (Å²) in [6.45, 7) is 19.5. The average Bonchev–Trinajstić information content (AvgIpc) is 3.09. The van der Waals surface area contributed by atoms with Gasteiger partial charge in [0, 0.05) is 25.8 Å². The molecule has 2 atom stereocenters. The molecule has 0 fully saturated rings. The van der Waals surface area contributed by atoms with Gasteiger partial charge in [0.1, 0.15) is 0 Å². The molecule has 0 heterocycles. The minimum Gasteiger partial charge on any atom is -0.373 e. The highest BCUT2D eigenvalue weighted by molar-refractivity contribution is 7.80. The Morgan fingerprint density at radius 2 is 0.872 bits per heavy atom. The average molecular weight is 702 g/mol. The SMILES string of the molecule is CCCCCCCCCCN(CCCCCCCCCC)CCO[Si](CCCS)(OCC(CC)CCCC)OCC(CC)CCCC. The van der Waals surface area contributed by atoms with Crippen LogP contribution < -0.4 is 0 Å². The van der Waals surface area contributed by atoms with E-state index in [4.69, 9.17) is 13.3 Å². The maximum absolute atomic E-state index is 6.94. The van der Waals surface area contributed by atoms with Crippen molar-refractivity contribution < 1.29 is 13.3 Å². The first kappa shape index (κ1) is 47.4. The zero-order valence-corrected chi connectivity index (χ0v) is 35.0. The van der Waals surface area contributed by atoms with Crippen LogP contribution in [0.1, 0.15) is 202 Å². The molecule has 0 aliphatic carbocycles. The number of hydrogen-bond acceptors (Lipinski definition) is 5. The number of thiol groups is 1. The van der Waals surface area contributed by atoms with Gasteiger partial charge in [-0.1, -0.05) is 170 Å². The first-order chi connectivity index (χ1) is 23.0. The van der Waals surface area contributed by atoms with E-state index in [0.29, 0.717) is 11.8 Å². The second-order valence-corrected chi connectivity index (χ2v) is 17.8. The van der Waals surface area contributed by atoms with Gasteiger partial charge in [-0.3, -0.25) is 0 Å². The summed E-state index contributed by atoms with van der Waals surface area (Å²) in [5.74, 6) is 2.04. The lowest BCUT2D eigenvalue weighted by Crippen LogP contribution is -2.49. The third kappa shape index (κ3) is 28.8. The van der Waals surface area contributed by atoms with Gasteiger partial charge in [-0.2, -0.15) is 12.6 Å². The highest BCUT2D eigenvalue weighted by atomic mass is 32.1. The Hall–Kier alpha value is 0.407. The van der Waals surface area contributed by atoms with Crippen LogP contribution in [0.3, 0.4) is 0 Å². The Balaban J connectivity index is 5.38. The molecule has 0 spiro atoms. The zero-order valence-electron chi connectivity index (χ0n) is 33.1. The monoisotopic (exact) mass is 702 g/mol. The van der Waals surface area contributed by atoms with Gasteiger partial charge in [0.15, 0.2) is 0 Å². The number of hydrogen-bond donors (Lipinski definition) is 1. The lowest BCUT2D eigenvalue weighted by Gasteiger charge is -2.33. The Kier molecular flexibility index (Phi) is 36.5. The van der Waals surface area contributed by atoms with Crippen molar-refractivity contribution in [3.8, 4) is 0 Å². The summed E-state index contributed by atoms with van der Waals surface area (Å²) in [5, 5.41) is 0. The molecule has 47 heavy (non-hydrogen) atoms. The van der Waals surface area contributed by atoms with Gasteiger partial charge in [0.25, 0.3) is 0 Å². The van der Waals surface area contributed by atoms with Gasteiger partial charge >= 0.3 is 8.80 Å². The molecular formula is C41H87NO3SSi. The van der Waals surface area contributed by atoms with Gasteiger partial charge in [-0.25, -0.2) is 0 Å². The predicted molar refractivity (Wildman–Crippen MR) is 215 cm³/mol. The predicted octanol–water partition coefficient (Wildman–Crippen LogP) is 13.3. The Morgan fingerprint density at radius 1 is 0.468 bits per heavy atom. The van der Waals surface area contributed by atoms with E-state index in [2.05, 4.69) is 59.1 Å². The Labute approximate surface area is 303 Å². The second-order valence-electron chi connectivity index (χ2n) is 14.6. The van der Waals surface area contributed by atoms with Crippen LogP contribution in [-0.4, -0.2) is 58.9 Å². The summed E-state index contributed by atoms with van der Waals surface area (Å²) in [6, 6.07) is 0.890. The molecule has 0 amide bonds. The fourth-order valence-electron chi connectivity index (χ4n) is 6.53. The maximum Gasteiger partial charge on any atom is 0.501 e. The van der Waals surface area contributed by atoms with Gasteiger partial charge in [-0.05, 0) is 62.8 Å². The summed E-state index contributed by atoms with van der Waals surface area (Å²) in [7, 11) is -2.82. The number of rotatable bonds is 39. The normalized spacial score (nSPS) is 14.6. The second kappa shape index (κ2) is 36.2. The summed E-state index contributed by atoms with van der Waals surface area (Å²) in [6.07, 6.45) is 32.9. The molecule has 0 aromatic carbocycles. The molecular weight excluding hydrogens is 615 g/mol. The third-order valence-electron chi connectivity index (χ3n) is 10.2. The largest absolute Gasteiger partial charge is 0.501 e. The van der Waals surface area contributed by atoms with E-state index in [0.717, 1.165) is 57.4 Å². The third-order valence-corrected chi connectivity index (χ3v) is 13.3. The van der Waals surface area contributed by atoms with E-state index < -0.39 is 8.80 Å². The van der Waals surface area contributed by atoms with Crippen LogP contribution in [0.5, 0.6) is 0 Å². The van der Waals surface area contributed by atoms with Crippen molar-refractivity contribution >= 4 is 21.4 Å². The molecule has 0 aliphatic heterocycles. The van der Waals surface area contributed by atoms with E-state index in [9.17, 15) is 0 Å². The Bertz CT molecular complexity index is 573. The van der Waals surface area contributed by atoms with Gasteiger partial charge in [-0.15, -0.1) is 0 Å². The van der Waals surface area contributed by atoms with Crippen molar-refractivity contribution in [3.63, 3.8) is 0 Å². The van der Waals surface area contributed by atoms with Crippen LogP contribution >= 0.6 is 12.6 Å². The van der Waals surface area contributed by atoms with Crippen LogP contribution in [0.25, 0.3) is 0 Å².